The van der Waals surface area contributed by atoms with Crippen LogP contribution in [0.3, 0.4) is 0 Å². The number of fused-ring (bicyclic) bond motifs is 2. The van der Waals surface area contributed by atoms with Crippen molar-refractivity contribution in [3.63, 3.8) is 0 Å². The zero-order valence-corrected chi connectivity index (χ0v) is 9.63. The first kappa shape index (κ1) is 6.39. The fraction of sp³-hybridized carbons (Fsp3) is 0.400. The van der Waals surface area contributed by atoms with Crippen molar-refractivity contribution in [2.75, 3.05) is 0 Å². The van der Waals surface area contributed by atoms with E-state index in [1.54, 1.807) is 0 Å². The predicted molar refractivity (Wildman–Crippen MR) is 68.3 cm³/mol. The molecule has 2 nitrogen and oxygen atoms in total. The van der Waals surface area contributed by atoms with Crippen molar-refractivity contribution in [2.45, 2.75) is 32.5 Å². The standard InChI is InChI=1S/C15H17NO/c1-9-5-6-10-8-14-11(13(10)7-9)3-2-4-12(14)15(16)17/h5-7,12H,2-4,8H2,1H3,(H2,16,17)/i2D2,4D2,7D. The summed E-state index contributed by atoms with van der Waals surface area (Å²) in [5.41, 5.74) is 8.81. The van der Waals surface area contributed by atoms with Crippen molar-refractivity contribution in [3.05, 3.63) is 40.4 Å². The molecule has 2 aliphatic rings. The molecule has 1 amide bonds. The molecule has 0 saturated heterocycles. The molecule has 1 unspecified atom stereocenters. The Morgan fingerprint density at radius 1 is 1.59 bits per heavy atom. The van der Waals surface area contributed by atoms with Gasteiger partial charge in [-0.3, -0.25) is 4.79 Å². The lowest BCUT2D eigenvalue weighted by atomic mass is 9.82. The van der Waals surface area contributed by atoms with Gasteiger partial charge in [0.25, 0.3) is 0 Å². The maximum Gasteiger partial charge on any atom is 0.224 e. The summed E-state index contributed by atoms with van der Waals surface area (Å²) in [6.07, 6.45) is -4.33. The fourth-order valence-corrected chi connectivity index (χ4v) is 2.57. The predicted octanol–water partition coefficient (Wildman–Crippen LogP) is 2.59. The van der Waals surface area contributed by atoms with E-state index in [4.69, 9.17) is 12.6 Å². The molecule has 88 valence electrons. The van der Waals surface area contributed by atoms with E-state index in [1.807, 2.05) is 19.1 Å². The number of carbonyl (C=O) groups excluding carboxylic acids is 1. The topological polar surface area (TPSA) is 43.1 Å². The highest BCUT2D eigenvalue weighted by molar-refractivity contribution is 5.87. The number of benzene rings is 1. The number of primary amides is 1. The number of amides is 1. The number of hydrogen-bond acceptors (Lipinski definition) is 1. The molecule has 0 radical (unpaired) electrons. The normalized spacial score (nSPS) is 32.5. The molecule has 1 aromatic carbocycles. The van der Waals surface area contributed by atoms with Crippen LogP contribution in [0.25, 0.3) is 5.57 Å². The van der Waals surface area contributed by atoms with Gasteiger partial charge < -0.3 is 5.73 Å². The second kappa shape index (κ2) is 3.73. The largest absolute Gasteiger partial charge is 0.369 e. The van der Waals surface area contributed by atoms with Gasteiger partial charge in [-0.25, -0.2) is 0 Å². The second-order valence-electron chi connectivity index (χ2n) is 4.56. The van der Waals surface area contributed by atoms with Gasteiger partial charge in [0.05, 0.1) is 7.29 Å². The van der Waals surface area contributed by atoms with Crippen LogP contribution in [0.15, 0.2) is 23.7 Å². The quantitative estimate of drug-likeness (QED) is 0.794. The molecule has 0 spiro atoms. The van der Waals surface area contributed by atoms with E-state index < -0.39 is 24.6 Å². The van der Waals surface area contributed by atoms with Gasteiger partial charge in [-0.15, -0.1) is 0 Å². The first-order valence-electron chi connectivity index (χ1n) is 8.18. The summed E-state index contributed by atoms with van der Waals surface area (Å²) in [4.78, 5) is 11.8. The average molecular weight is 232 g/mol. The molecule has 1 atom stereocenters. The lowest BCUT2D eigenvalue weighted by Gasteiger charge is -2.22. The van der Waals surface area contributed by atoms with E-state index in [0.29, 0.717) is 29.2 Å². The first-order valence-corrected chi connectivity index (χ1v) is 5.68. The van der Waals surface area contributed by atoms with Crippen LogP contribution in [-0.4, -0.2) is 5.91 Å². The maximum absolute atomic E-state index is 11.8. The van der Waals surface area contributed by atoms with Crippen molar-refractivity contribution in [2.24, 2.45) is 11.7 Å². The highest BCUT2D eigenvalue weighted by Crippen LogP contribution is 2.44. The van der Waals surface area contributed by atoms with Crippen LogP contribution in [0.1, 0.15) is 42.7 Å². The number of carbonyl (C=O) groups is 1. The summed E-state index contributed by atoms with van der Waals surface area (Å²) in [5.74, 6) is -2.14. The highest BCUT2D eigenvalue weighted by atomic mass is 16.1. The van der Waals surface area contributed by atoms with Crippen molar-refractivity contribution in [3.8, 4) is 0 Å². The Hall–Kier alpha value is -1.57. The van der Waals surface area contributed by atoms with E-state index >= 15 is 0 Å². The summed E-state index contributed by atoms with van der Waals surface area (Å²) in [5, 5.41) is 0. The molecule has 2 aliphatic carbocycles. The number of hydrogen-bond donors (Lipinski definition) is 1. The number of aryl methyl sites for hydroxylation is 1. The van der Waals surface area contributed by atoms with Crippen LogP contribution in [0.5, 0.6) is 0 Å². The SMILES string of the molecule is [2H]c1c(C)ccc2c1C1=C(C2)C(C(N)=O)C([2H])([2H])C([2H])([2H])C1. The Bertz CT molecular complexity index is 723. The van der Waals surface area contributed by atoms with Crippen LogP contribution in [0, 0.1) is 12.8 Å². The molecule has 0 aromatic heterocycles. The molecule has 0 saturated carbocycles. The van der Waals surface area contributed by atoms with Crippen LogP contribution in [-0.2, 0) is 11.2 Å². The molecule has 2 heteroatoms. The summed E-state index contributed by atoms with van der Waals surface area (Å²) in [7, 11) is 0. The minimum atomic E-state index is -2.35. The molecule has 17 heavy (non-hydrogen) atoms. The zero-order chi connectivity index (χ0) is 16.4. The second-order valence-corrected chi connectivity index (χ2v) is 4.56. The lowest BCUT2D eigenvalue weighted by Crippen LogP contribution is -2.27. The zero-order valence-electron chi connectivity index (χ0n) is 14.6. The number of allylic oxidation sites excluding steroid dienone is 1. The molecule has 3 rings (SSSR count). The van der Waals surface area contributed by atoms with E-state index in [0.717, 1.165) is 11.1 Å². The van der Waals surface area contributed by atoms with Crippen molar-refractivity contribution in [1.82, 2.24) is 0 Å². The molecule has 2 N–H and O–H groups in total. The van der Waals surface area contributed by atoms with E-state index in [2.05, 4.69) is 0 Å². The van der Waals surface area contributed by atoms with Crippen molar-refractivity contribution >= 4 is 11.5 Å². The lowest BCUT2D eigenvalue weighted by molar-refractivity contribution is -0.121. The Morgan fingerprint density at radius 2 is 2.41 bits per heavy atom. The summed E-state index contributed by atoms with van der Waals surface area (Å²) >= 11 is 0. The first-order chi connectivity index (χ1) is 10.1. The van der Waals surface area contributed by atoms with Crippen molar-refractivity contribution < 1.29 is 11.6 Å². The smallest absolute Gasteiger partial charge is 0.224 e. The summed E-state index contributed by atoms with van der Waals surface area (Å²) in [6, 6.07) is 4.01. The molecular formula is C15H17NO. The molecule has 0 fully saturated rings. The van der Waals surface area contributed by atoms with Gasteiger partial charge in [-0.05, 0) is 54.8 Å². The van der Waals surface area contributed by atoms with Crippen LogP contribution < -0.4 is 5.73 Å². The Balaban J connectivity index is 2.26. The Morgan fingerprint density at radius 3 is 3.18 bits per heavy atom. The Kier molecular flexibility index (Phi) is 1.40. The Labute approximate surface area is 109 Å². The molecule has 0 heterocycles. The third-order valence-electron chi connectivity index (χ3n) is 3.39. The maximum atomic E-state index is 11.8. The number of nitrogens with two attached hydrogens (primary N) is 1. The number of rotatable bonds is 1. The van der Waals surface area contributed by atoms with Crippen LogP contribution >= 0.6 is 0 Å². The summed E-state index contributed by atoms with van der Waals surface area (Å²) in [6.45, 7) is 1.81. The molecular weight excluding hydrogens is 210 g/mol. The fourth-order valence-electron chi connectivity index (χ4n) is 2.57. The van der Waals surface area contributed by atoms with Gasteiger partial charge in [0, 0.05) is 5.48 Å². The molecule has 1 aromatic rings. The van der Waals surface area contributed by atoms with Gasteiger partial charge in [0.15, 0.2) is 0 Å². The summed E-state index contributed by atoms with van der Waals surface area (Å²) < 4.78 is 40.5. The van der Waals surface area contributed by atoms with Gasteiger partial charge in [0.2, 0.25) is 5.91 Å². The highest BCUT2D eigenvalue weighted by Gasteiger charge is 2.32. The van der Waals surface area contributed by atoms with Crippen molar-refractivity contribution in [1.29, 1.82) is 0 Å². The van der Waals surface area contributed by atoms with Gasteiger partial charge >= 0.3 is 0 Å². The molecule has 0 bridgehead atoms. The average Bonchev–Trinajstić information content (AvgIpc) is 2.71. The third kappa shape index (κ3) is 1.59. The minimum Gasteiger partial charge on any atom is -0.369 e. The van der Waals surface area contributed by atoms with E-state index in [9.17, 15) is 4.79 Å². The third-order valence-corrected chi connectivity index (χ3v) is 3.39. The monoisotopic (exact) mass is 232 g/mol. The van der Waals surface area contributed by atoms with Gasteiger partial charge in [-0.2, -0.15) is 0 Å². The van der Waals surface area contributed by atoms with Gasteiger partial charge in [-0.1, -0.05) is 23.7 Å². The minimum absolute atomic E-state index is 0.137. The molecule has 0 aliphatic heterocycles. The van der Waals surface area contributed by atoms with E-state index in [1.165, 1.54) is 0 Å². The van der Waals surface area contributed by atoms with Gasteiger partial charge in [0.1, 0.15) is 0 Å². The van der Waals surface area contributed by atoms with Crippen LogP contribution in [0.4, 0.5) is 0 Å². The van der Waals surface area contributed by atoms with Crippen LogP contribution in [0.2, 0.25) is 0 Å². The van der Waals surface area contributed by atoms with E-state index in [-0.39, 0.29) is 6.42 Å².